The third-order valence-corrected chi connectivity index (χ3v) is 4.19. The Labute approximate surface area is 110 Å². The molecule has 1 rings (SSSR count). The van der Waals surface area contributed by atoms with Crippen LogP contribution in [0.25, 0.3) is 0 Å². The van der Waals surface area contributed by atoms with Crippen molar-refractivity contribution >= 4 is 39.0 Å². The van der Waals surface area contributed by atoms with Crippen molar-refractivity contribution < 1.29 is 8.42 Å². The highest BCUT2D eigenvalue weighted by molar-refractivity contribution is 7.98. The minimum Gasteiger partial charge on any atom is -0.388 e. The van der Waals surface area contributed by atoms with Gasteiger partial charge in [0.2, 0.25) is 10.0 Å². The van der Waals surface area contributed by atoms with E-state index in [1.807, 2.05) is 6.26 Å². The summed E-state index contributed by atoms with van der Waals surface area (Å²) in [6.07, 6.45) is 3.36. The second kappa shape index (κ2) is 6.29. The van der Waals surface area contributed by atoms with Gasteiger partial charge < -0.3 is 5.73 Å². The van der Waals surface area contributed by atoms with Gasteiger partial charge in [0.1, 0.15) is 15.6 Å². The van der Waals surface area contributed by atoms with Crippen molar-refractivity contribution in [1.82, 2.24) is 9.71 Å². The van der Waals surface area contributed by atoms with Crippen LogP contribution in [0.1, 0.15) is 5.69 Å². The first-order valence-electron chi connectivity index (χ1n) is 4.72. The largest absolute Gasteiger partial charge is 0.388 e. The van der Waals surface area contributed by atoms with Gasteiger partial charge in [-0.15, -0.1) is 0 Å². The number of nitrogens with zero attached hydrogens (tertiary/aromatic N) is 1. The van der Waals surface area contributed by atoms with E-state index in [0.29, 0.717) is 12.3 Å². The molecule has 0 unspecified atom stereocenters. The molecule has 8 heteroatoms. The summed E-state index contributed by atoms with van der Waals surface area (Å²) >= 11 is 6.33. The van der Waals surface area contributed by atoms with E-state index in [0.717, 1.165) is 0 Å². The summed E-state index contributed by atoms with van der Waals surface area (Å²) in [5.74, 6) is 0.696. The minimum absolute atomic E-state index is 0.0219. The summed E-state index contributed by atoms with van der Waals surface area (Å²) in [5, 5.41) is 0. The Morgan fingerprint density at radius 1 is 1.65 bits per heavy atom. The molecule has 5 nitrogen and oxygen atoms in total. The number of aromatic nitrogens is 1. The molecule has 1 aromatic rings. The number of nitrogens with two attached hydrogens (primary N) is 1. The Hall–Kier alpha value is -0.700. The lowest BCUT2D eigenvalue weighted by Gasteiger charge is -2.09. The molecule has 0 bridgehead atoms. The van der Waals surface area contributed by atoms with E-state index < -0.39 is 10.0 Å². The van der Waals surface area contributed by atoms with E-state index in [9.17, 15) is 8.42 Å². The Bertz CT molecular complexity index is 502. The molecule has 0 aliphatic heterocycles. The van der Waals surface area contributed by atoms with E-state index in [1.165, 1.54) is 18.3 Å². The highest BCUT2D eigenvalue weighted by atomic mass is 32.2. The van der Waals surface area contributed by atoms with Crippen molar-refractivity contribution in [1.29, 1.82) is 0 Å². The first kappa shape index (κ1) is 14.4. The summed E-state index contributed by atoms with van der Waals surface area (Å²) in [6, 6.07) is 2.97. The third-order valence-electron chi connectivity index (χ3n) is 1.89. The molecule has 0 fully saturated rings. The Morgan fingerprint density at radius 3 is 2.94 bits per heavy atom. The smallest absolute Gasteiger partial charge is 0.242 e. The average Bonchev–Trinajstić information content (AvgIpc) is 2.29. The van der Waals surface area contributed by atoms with Crippen LogP contribution in [-0.2, 0) is 10.0 Å². The molecule has 0 aromatic carbocycles. The number of sulfonamides is 1. The zero-order valence-electron chi connectivity index (χ0n) is 9.21. The normalized spacial score (nSPS) is 11.4. The first-order valence-corrected chi connectivity index (χ1v) is 8.01. The fraction of sp³-hybridized carbons (Fsp3) is 0.333. The van der Waals surface area contributed by atoms with Crippen LogP contribution in [0.15, 0.2) is 23.2 Å². The molecule has 0 amide bonds. The van der Waals surface area contributed by atoms with Gasteiger partial charge in [-0.1, -0.05) is 12.2 Å². The summed E-state index contributed by atoms with van der Waals surface area (Å²) < 4.78 is 26.4. The third kappa shape index (κ3) is 3.91. The highest BCUT2D eigenvalue weighted by Crippen LogP contribution is 2.12. The molecule has 94 valence electrons. The molecule has 0 radical (unpaired) electrons. The second-order valence-corrected chi connectivity index (χ2v) is 6.27. The predicted octanol–water partition coefficient (Wildman–Crippen LogP) is 0.357. The van der Waals surface area contributed by atoms with E-state index in [-0.39, 0.29) is 15.6 Å². The topological polar surface area (TPSA) is 85.1 Å². The van der Waals surface area contributed by atoms with Crippen LogP contribution in [0.3, 0.4) is 0 Å². The number of nitrogens with one attached hydrogen (secondary N) is 1. The minimum atomic E-state index is -3.60. The number of rotatable bonds is 6. The summed E-state index contributed by atoms with van der Waals surface area (Å²) in [6.45, 7) is 0.356. The number of hydrogen-bond acceptors (Lipinski definition) is 5. The number of thioether (sulfide) groups is 1. The van der Waals surface area contributed by atoms with Gasteiger partial charge in [0.25, 0.3) is 0 Å². The van der Waals surface area contributed by atoms with Gasteiger partial charge in [-0.05, 0) is 18.4 Å². The maximum Gasteiger partial charge on any atom is 0.242 e. The Balaban J connectivity index is 3.02. The maximum atomic E-state index is 12.0. The predicted molar refractivity (Wildman–Crippen MR) is 73.7 cm³/mol. The van der Waals surface area contributed by atoms with Crippen LogP contribution >= 0.6 is 24.0 Å². The second-order valence-electron chi connectivity index (χ2n) is 3.10. The van der Waals surface area contributed by atoms with Gasteiger partial charge in [0.05, 0.1) is 0 Å². The first-order chi connectivity index (χ1) is 7.99. The number of pyridine rings is 1. The van der Waals surface area contributed by atoms with Crippen LogP contribution in [-0.4, -0.2) is 36.9 Å². The van der Waals surface area contributed by atoms with Crippen LogP contribution in [0.4, 0.5) is 0 Å². The Kier molecular flexibility index (Phi) is 5.31. The van der Waals surface area contributed by atoms with E-state index in [4.69, 9.17) is 18.0 Å². The van der Waals surface area contributed by atoms with E-state index in [2.05, 4.69) is 9.71 Å². The molecule has 17 heavy (non-hydrogen) atoms. The van der Waals surface area contributed by atoms with Crippen molar-refractivity contribution in [3.8, 4) is 0 Å². The fourth-order valence-corrected chi connectivity index (χ4v) is 3.01. The van der Waals surface area contributed by atoms with Crippen molar-refractivity contribution in [2.45, 2.75) is 4.90 Å². The quantitative estimate of drug-likeness (QED) is 0.581. The molecule has 1 heterocycles. The zero-order chi connectivity index (χ0) is 12.9. The van der Waals surface area contributed by atoms with Crippen molar-refractivity contribution in [3.05, 3.63) is 24.0 Å². The molecule has 0 saturated heterocycles. The van der Waals surface area contributed by atoms with Crippen LogP contribution in [0.5, 0.6) is 0 Å². The van der Waals surface area contributed by atoms with Gasteiger partial charge in [0.15, 0.2) is 0 Å². The van der Waals surface area contributed by atoms with E-state index in [1.54, 1.807) is 11.8 Å². The standard InChI is InChI=1S/C9H13N3O2S3/c1-16-6-5-12-17(13,14)7-3-2-4-11-8(7)9(10)15/h2-4,12H,5-6H2,1H3,(H2,10,15). The Morgan fingerprint density at radius 2 is 2.35 bits per heavy atom. The molecule has 1 aromatic heterocycles. The van der Waals surface area contributed by atoms with Crippen molar-refractivity contribution in [2.24, 2.45) is 5.73 Å². The van der Waals surface area contributed by atoms with Crippen LogP contribution < -0.4 is 10.5 Å². The molecule has 0 saturated carbocycles. The van der Waals surface area contributed by atoms with Gasteiger partial charge in [0, 0.05) is 18.5 Å². The van der Waals surface area contributed by atoms with Gasteiger partial charge in [-0.3, -0.25) is 4.98 Å². The van der Waals surface area contributed by atoms with Gasteiger partial charge in [-0.25, -0.2) is 13.1 Å². The average molecular weight is 291 g/mol. The van der Waals surface area contributed by atoms with Crippen LogP contribution in [0, 0.1) is 0 Å². The lowest BCUT2D eigenvalue weighted by atomic mass is 10.3. The van der Waals surface area contributed by atoms with Gasteiger partial charge >= 0.3 is 0 Å². The lowest BCUT2D eigenvalue weighted by Crippen LogP contribution is -2.28. The number of hydrogen-bond donors (Lipinski definition) is 2. The van der Waals surface area contributed by atoms with Crippen LogP contribution in [0.2, 0.25) is 0 Å². The van der Waals surface area contributed by atoms with Crippen molar-refractivity contribution in [3.63, 3.8) is 0 Å². The zero-order valence-corrected chi connectivity index (χ0v) is 11.7. The molecule has 0 aliphatic rings. The molecular formula is C9H13N3O2S3. The van der Waals surface area contributed by atoms with E-state index >= 15 is 0 Å². The molecular weight excluding hydrogens is 278 g/mol. The fourth-order valence-electron chi connectivity index (χ4n) is 1.15. The maximum absolute atomic E-state index is 12.0. The lowest BCUT2D eigenvalue weighted by molar-refractivity contribution is 0.583. The highest BCUT2D eigenvalue weighted by Gasteiger charge is 2.19. The number of thiocarbonyl (C=S) groups is 1. The molecule has 0 aliphatic carbocycles. The SMILES string of the molecule is CSCCNS(=O)(=O)c1cccnc1C(N)=S. The van der Waals surface area contributed by atoms with Crippen molar-refractivity contribution in [2.75, 3.05) is 18.6 Å². The van der Waals surface area contributed by atoms with Gasteiger partial charge in [-0.2, -0.15) is 11.8 Å². The molecule has 0 spiro atoms. The molecule has 3 N–H and O–H groups in total. The summed E-state index contributed by atoms with van der Waals surface area (Å²) in [5.41, 5.74) is 5.56. The monoisotopic (exact) mass is 291 g/mol. The summed E-state index contributed by atoms with van der Waals surface area (Å²) in [4.78, 5) is 3.87. The summed E-state index contributed by atoms with van der Waals surface area (Å²) in [7, 11) is -3.60. The molecule has 0 atom stereocenters.